The molecule has 1 aliphatic carbocycles. The molecule has 2 aromatic carbocycles. The lowest BCUT2D eigenvalue weighted by atomic mass is 9.77. The van der Waals surface area contributed by atoms with Crippen LogP contribution in [0.15, 0.2) is 94.1 Å². The Kier molecular flexibility index (Phi) is 7.79. The number of carbonyl (C=O) groups is 1. The second kappa shape index (κ2) is 11.3. The highest BCUT2D eigenvalue weighted by molar-refractivity contribution is 6.87. The van der Waals surface area contributed by atoms with Crippen LogP contribution in [0.1, 0.15) is 49.0 Å². The number of aryl methyl sites for hydroxylation is 2. The zero-order chi connectivity index (χ0) is 27.5. The molecule has 5 heteroatoms. The summed E-state index contributed by atoms with van der Waals surface area (Å²) in [4.78, 5) is 13.1. The number of rotatable bonds is 8. The number of fused-ring (bicyclic) bond motifs is 1. The molecule has 2 aliphatic rings. The number of aliphatic hydroxyl groups is 1. The summed E-state index contributed by atoms with van der Waals surface area (Å²) in [6.07, 6.45) is 3.91. The Morgan fingerprint density at radius 1 is 0.821 bits per heavy atom. The molecule has 0 fully saturated rings. The quantitative estimate of drug-likeness (QED) is 0.201. The van der Waals surface area contributed by atoms with Crippen molar-refractivity contribution in [1.82, 2.24) is 0 Å². The summed E-state index contributed by atoms with van der Waals surface area (Å²) < 4.78 is 12.2. The molecule has 1 aliphatic heterocycles. The third-order valence-electron chi connectivity index (χ3n) is 7.44. The smallest absolute Gasteiger partial charge is 0.339 e. The second-order valence-corrected chi connectivity index (χ2v) is 16.6. The molecule has 4 nitrogen and oxygen atoms in total. The summed E-state index contributed by atoms with van der Waals surface area (Å²) in [5.74, 6) is 7.42. The first-order valence-corrected chi connectivity index (χ1v) is 17.3. The fourth-order valence-electron chi connectivity index (χ4n) is 5.27. The highest BCUT2D eigenvalue weighted by Gasteiger charge is 2.44. The van der Waals surface area contributed by atoms with Gasteiger partial charge in [-0.2, -0.15) is 0 Å². The van der Waals surface area contributed by atoms with Crippen molar-refractivity contribution in [2.24, 2.45) is 0 Å². The molecule has 1 N–H and O–H groups in total. The van der Waals surface area contributed by atoms with Crippen molar-refractivity contribution in [1.29, 1.82) is 0 Å². The van der Waals surface area contributed by atoms with Crippen molar-refractivity contribution >= 4 is 25.0 Å². The molecule has 2 heterocycles. The fourth-order valence-corrected chi connectivity index (χ4v) is 6.27. The van der Waals surface area contributed by atoms with Crippen LogP contribution in [0.5, 0.6) is 0 Å². The van der Waals surface area contributed by atoms with E-state index in [0.29, 0.717) is 42.8 Å². The van der Waals surface area contributed by atoms with Crippen LogP contribution in [0.3, 0.4) is 0 Å². The van der Waals surface area contributed by atoms with Gasteiger partial charge in [-0.05, 0) is 42.5 Å². The molecule has 1 unspecified atom stereocenters. The van der Waals surface area contributed by atoms with Crippen LogP contribution in [0.2, 0.25) is 19.6 Å². The Hall–Kier alpha value is -3.59. The third kappa shape index (κ3) is 6.35. The number of hydrogen-bond acceptors (Lipinski definition) is 4. The van der Waals surface area contributed by atoms with Crippen molar-refractivity contribution in [3.63, 3.8) is 0 Å². The summed E-state index contributed by atoms with van der Waals surface area (Å²) in [5.41, 5.74) is 3.53. The van der Waals surface area contributed by atoms with E-state index in [1.54, 1.807) is 0 Å². The maximum Gasteiger partial charge on any atom is 0.339 e. The normalized spacial score (nSPS) is 19.0. The van der Waals surface area contributed by atoms with Crippen LogP contribution in [0.4, 0.5) is 0 Å². The number of hydrogen-bond donors (Lipinski definition) is 1. The van der Waals surface area contributed by atoms with Gasteiger partial charge < -0.3 is 14.3 Å². The van der Waals surface area contributed by atoms with Crippen LogP contribution >= 0.6 is 0 Å². The SMILES string of the molecule is C[Si](C)(C)c1ccc(C2=C3OC(=O)C(CCc4ccccc4)=C3CC(O)(CC#CCCc3ccccc3)C2)o1. The van der Waals surface area contributed by atoms with Crippen LogP contribution in [0.25, 0.3) is 5.57 Å². The average Bonchev–Trinajstić information content (AvgIpc) is 3.53. The van der Waals surface area contributed by atoms with E-state index < -0.39 is 13.7 Å². The third-order valence-corrected chi connectivity index (χ3v) is 9.19. The molecule has 1 aromatic heterocycles. The average molecular weight is 537 g/mol. The van der Waals surface area contributed by atoms with E-state index in [0.717, 1.165) is 41.4 Å². The first-order chi connectivity index (χ1) is 18.7. The maximum absolute atomic E-state index is 13.1. The van der Waals surface area contributed by atoms with Crippen LogP contribution < -0.4 is 5.38 Å². The summed E-state index contributed by atoms with van der Waals surface area (Å²) in [7, 11) is -1.67. The van der Waals surface area contributed by atoms with Gasteiger partial charge in [0.1, 0.15) is 19.6 Å². The van der Waals surface area contributed by atoms with E-state index in [1.165, 1.54) is 5.56 Å². The standard InChI is InChI=1S/C34H36O4Si/c1-39(2,3)31-21-20-30(37-31)29-24-34(36,22-12-6-11-15-25-13-7-4-8-14-25)23-28-27(33(35)38-32(28)29)19-18-26-16-9-5-10-17-26/h4-5,7-10,13-14,16-17,20-21,36H,11,15,18-19,22-24H2,1-3H3. The Balaban J connectivity index is 1.43. The highest BCUT2D eigenvalue weighted by atomic mass is 28.3. The summed E-state index contributed by atoms with van der Waals surface area (Å²) in [6, 6.07) is 24.4. The van der Waals surface area contributed by atoms with Crippen LogP contribution in [-0.4, -0.2) is 24.8 Å². The molecule has 200 valence electrons. The molecular formula is C34H36O4Si. The molecule has 3 aromatic rings. The van der Waals surface area contributed by atoms with Crippen molar-refractivity contribution in [2.75, 3.05) is 0 Å². The number of allylic oxidation sites excluding steroid dienone is 1. The van der Waals surface area contributed by atoms with Crippen molar-refractivity contribution in [3.8, 4) is 11.8 Å². The number of esters is 1. The molecule has 5 rings (SSSR count). The minimum absolute atomic E-state index is 0.316. The number of ether oxygens (including phenoxy) is 1. The predicted molar refractivity (Wildman–Crippen MR) is 158 cm³/mol. The zero-order valence-corrected chi connectivity index (χ0v) is 24.0. The molecule has 1 atom stereocenters. The Labute approximate surface area is 232 Å². The minimum atomic E-state index is -1.67. The van der Waals surface area contributed by atoms with E-state index in [9.17, 15) is 9.90 Å². The van der Waals surface area contributed by atoms with Gasteiger partial charge in [0, 0.05) is 42.4 Å². The summed E-state index contributed by atoms with van der Waals surface area (Å²) in [5, 5.41) is 12.8. The Morgan fingerprint density at radius 2 is 1.46 bits per heavy atom. The molecule has 0 bridgehead atoms. The van der Waals surface area contributed by atoms with Gasteiger partial charge in [-0.1, -0.05) is 80.3 Å². The number of furan rings is 1. The van der Waals surface area contributed by atoms with Gasteiger partial charge in [0.2, 0.25) is 0 Å². The molecule has 0 saturated carbocycles. The highest BCUT2D eigenvalue weighted by Crippen LogP contribution is 2.47. The minimum Gasteiger partial charge on any atom is -0.466 e. The zero-order valence-electron chi connectivity index (χ0n) is 23.0. The van der Waals surface area contributed by atoms with Crippen LogP contribution in [-0.2, 0) is 22.4 Å². The second-order valence-electron chi connectivity index (χ2n) is 11.6. The molecule has 0 amide bonds. The van der Waals surface area contributed by atoms with Gasteiger partial charge >= 0.3 is 5.97 Å². The topological polar surface area (TPSA) is 59.7 Å². The van der Waals surface area contributed by atoms with Gasteiger partial charge in [0.05, 0.1) is 11.0 Å². The Morgan fingerprint density at radius 3 is 2.10 bits per heavy atom. The van der Waals surface area contributed by atoms with Crippen molar-refractivity contribution in [3.05, 3.63) is 107 Å². The van der Waals surface area contributed by atoms with Crippen molar-refractivity contribution in [2.45, 2.75) is 70.2 Å². The first-order valence-electron chi connectivity index (χ1n) is 13.8. The summed E-state index contributed by atoms with van der Waals surface area (Å²) >= 11 is 0. The van der Waals surface area contributed by atoms with E-state index in [1.807, 2.05) is 48.5 Å². The van der Waals surface area contributed by atoms with E-state index in [-0.39, 0.29) is 5.97 Å². The molecule has 0 radical (unpaired) electrons. The van der Waals surface area contributed by atoms with E-state index in [2.05, 4.69) is 55.7 Å². The Bertz CT molecular complexity index is 1460. The van der Waals surface area contributed by atoms with E-state index in [4.69, 9.17) is 9.15 Å². The van der Waals surface area contributed by atoms with Gasteiger partial charge in [-0.15, -0.1) is 11.8 Å². The maximum atomic E-state index is 13.1. The van der Waals surface area contributed by atoms with Gasteiger partial charge in [-0.3, -0.25) is 0 Å². The number of carbonyl (C=O) groups excluding carboxylic acids is 1. The predicted octanol–water partition coefficient (Wildman–Crippen LogP) is 6.57. The fraction of sp³-hybridized carbons (Fsp3) is 0.324. The van der Waals surface area contributed by atoms with Gasteiger partial charge in [0.25, 0.3) is 0 Å². The molecule has 39 heavy (non-hydrogen) atoms. The van der Waals surface area contributed by atoms with Crippen LogP contribution in [0, 0.1) is 11.8 Å². The van der Waals surface area contributed by atoms with Crippen molar-refractivity contribution < 1.29 is 19.1 Å². The molecule has 0 spiro atoms. The largest absolute Gasteiger partial charge is 0.466 e. The monoisotopic (exact) mass is 536 g/mol. The summed E-state index contributed by atoms with van der Waals surface area (Å²) in [6.45, 7) is 6.70. The van der Waals surface area contributed by atoms with E-state index >= 15 is 0 Å². The van der Waals surface area contributed by atoms with Gasteiger partial charge in [-0.25, -0.2) is 4.79 Å². The number of benzene rings is 2. The lowest BCUT2D eigenvalue weighted by Gasteiger charge is -2.32. The van der Waals surface area contributed by atoms with Gasteiger partial charge in [0.15, 0.2) is 0 Å². The lowest BCUT2D eigenvalue weighted by molar-refractivity contribution is -0.133. The first kappa shape index (κ1) is 27.0. The lowest BCUT2D eigenvalue weighted by Crippen LogP contribution is -2.36. The molecular weight excluding hydrogens is 500 g/mol. The molecule has 0 saturated heterocycles.